The zero-order chi connectivity index (χ0) is 19.4. The largest absolute Gasteiger partial charge is 0.313 e. The zero-order valence-electron chi connectivity index (χ0n) is 15.1. The Hall–Kier alpha value is -3.06. The molecule has 140 valence electrons. The van der Waals surface area contributed by atoms with Crippen LogP contribution in [0.4, 0.5) is 5.69 Å². The van der Waals surface area contributed by atoms with Crippen molar-refractivity contribution in [1.29, 1.82) is 0 Å². The second kappa shape index (κ2) is 8.09. The number of nitro groups is 1. The maximum absolute atomic E-state index is 12.3. The molecule has 0 unspecified atom stereocenters. The number of nitrogens with one attached hydrogen (secondary N) is 1. The second-order valence-corrected chi connectivity index (χ2v) is 6.57. The van der Waals surface area contributed by atoms with Crippen LogP contribution in [-0.2, 0) is 6.54 Å². The lowest BCUT2D eigenvalue weighted by Gasteiger charge is -2.13. The van der Waals surface area contributed by atoms with Gasteiger partial charge in [0.1, 0.15) is 0 Å². The molecule has 7 heteroatoms. The third-order valence-electron chi connectivity index (χ3n) is 4.66. The Morgan fingerprint density at radius 3 is 2.33 bits per heavy atom. The first-order valence-electron chi connectivity index (χ1n) is 8.89. The number of hydrogen-bond donors (Lipinski definition) is 1. The highest BCUT2D eigenvalue weighted by atomic mass is 16.6. The van der Waals surface area contributed by atoms with Crippen LogP contribution in [0.5, 0.6) is 0 Å². The summed E-state index contributed by atoms with van der Waals surface area (Å²) in [4.78, 5) is 36.4. The van der Waals surface area contributed by atoms with Crippen molar-refractivity contribution in [3.63, 3.8) is 0 Å². The normalized spacial score (nSPS) is 13.1. The van der Waals surface area contributed by atoms with Crippen LogP contribution in [0.3, 0.4) is 0 Å². The van der Waals surface area contributed by atoms with Gasteiger partial charge in [0.25, 0.3) is 17.5 Å². The van der Waals surface area contributed by atoms with Gasteiger partial charge in [-0.3, -0.25) is 24.6 Å². The first-order chi connectivity index (χ1) is 13.0. The lowest BCUT2D eigenvalue weighted by atomic mass is 10.1. The van der Waals surface area contributed by atoms with Crippen molar-refractivity contribution in [2.45, 2.75) is 26.3 Å². The van der Waals surface area contributed by atoms with E-state index >= 15 is 0 Å². The van der Waals surface area contributed by atoms with Gasteiger partial charge in [-0.05, 0) is 44.0 Å². The van der Waals surface area contributed by atoms with E-state index in [0.717, 1.165) is 12.0 Å². The van der Waals surface area contributed by atoms with E-state index in [1.54, 1.807) is 43.3 Å². The van der Waals surface area contributed by atoms with Crippen molar-refractivity contribution in [3.8, 4) is 0 Å². The molecule has 1 aliphatic heterocycles. The predicted molar refractivity (Wildman–Crippen MR) is 101 cm³/mol. The van der Waals surface area contributed by atoms with Gasteiger partial charge >= 0.3 is 0 Å². The number of aryl methyl sites for hydroxylation is 1. The molecule has 7 nitrogen and oxygen atoms in total. The molecule has 0 radical (unpaired) electrons. The smallest absolute Gasteiger partial charge is 0.272 e. The average Bonchev–Trinajstić information content (AvgIpc) is 2.90. The van der Waals surface area contributed by atoms with Gasteiger partial charge in [-0.15, -0.1) is 0 Å². The van der Waals surface area contributed by atoms with Crippen LogP contribution < -0.4 is 5.32 Å². The van der Waals surface area contributed by atoms with E-state index in [9.17, 15) is 19.7 Å². The molecule has 3 rings (SSSR count). The summed E-state index contributed by atoms with van der Waals surface area (Å²) in [6, 6.07) is 12.1. The number of benzene rings is 2. The van der Waals surface area contributed by atoms with E-state index in [-0.39, 0.29) is 22.4 Å². The van der Waals surface area contributed by atoms with Crippen molar-refractivity contribution < 1.29 is 14.5 Å². The van der Waals surface area contributed by atoms with E-state index in [1.165, 1.54) is 4.90 Å². The Balaban J connectivity index is 1.42. The summed E-state index contributed by atoms with van der Waals surface area (Å²) in [7, 11) is 0. The monoisotopic (exact) mass is 367 g/mol. The molecule has 1 heterocycles. The zero-order valence-corrected chi connectivity index (χ0v) is 15.1. The molecule has 0 atom stereocenters. The molecule has 0 aromatic heterocycles. The number of unbranched alkanes of at least 4 members (excludes halogenated alkanes) is 1. The predicted octanol–water partition coefficient (Wildman–Crippen LogP) is 3.07. The van der Waals surface area contributed by atoms with Crippen LogP contribution >= 0.6 is 0 Å². The van der Waals surface area contributed by atoms with Gasteiger partial charge < -0.3 is 5.32 Å². The lowest BCUT2D eigenvalue weighted by Crippen LogP contribution is -2.31. The van der Waals surface area contributed by atoms with Crippen LogP contribution in [0.2, 0.25) is 0 Å². The molecule has 0 spiro atoms. The molecule has 2 amide bonds. The highest BCUT2D eigenvalue weighted by molar-refractivity contribution is 6.21. The molecule has 1 N–H and O–H groups in total. The van der Waals surface area contributed by atoms with E-state index in [2.05, 4.69) is 5.32 Å². The first kappa shape index (κ1) is 18.7. The minimum absolute atomic E-state index is 0.125. The third-order valence-corrected chi connectivity index (χ3v) is 4.66. The molecule has 0 bridgehead atoms. The summed E-state index contributed by atoms with van der Waals surface area (Å²) in [5, 5.41) is 14.2. The average molecular weight is 367 g/mol. The summed E-state index contributed by atoms with van der Waals surface area (Å²) in [6.07, 6.45) is 1.49. The number of amides is 2. The van der Waals surface area contributed by atoms with E-state index in [1.807, 2.05) is 6.07 Å². The van der Waals surface area contributed by atoms with Crippen LogP contribution in [0.1, 0.15) is 44.7 Å². The number of fused-ring (bicyclic) bond motifs is 1. The summed E-state index contributed by atoms with van der Waals surface area (Å²) < 4.78 is 0. The number of hydrogen-bond acceptors (Lipinski definition) is 5. The fourth-order valence-corrected chi connectivity index (χ4v) is 3.16. The first-order valence-corrected chi connectivity index (χ1v) is 8.89. The maximum atomic E-state index is 12.3. The lowest BCUT2D eigenvalue weighted by molar-refractivity contribution is -0.385. The Labute approximate surface area is 157 Å². The number of carbonyl (C=O) groups excluding carboxylic acids is 2. The van der Waals surface area contributed by atoms with Gasteiger partial charge in [0.2, 0.25) is 0 Å². The fourth-order valence-electron chi connectivity index (χ4n) is 3.16. The van der Waals surface area contributed by atoms with Gasteiger partial charge in [0, 0.05) is 24.7 Å². The van der Waals surface area contributed by atoms with Gasteiger partial charge in [0.15, 0.2) is 0 Å². The molecule has 2 aromatic rings. The topological polar surface area (TPSA) is 92.6 Å². The number of rotatable bonds is 8. The quantitative estimate of drug-likeness (QED) is 0.335. The van der Waals surface area contributed by atoms with Crippen LogP contribution in [0.25, 0.3) is 0 Å². The van der Waals surface area contributed by atoms with Crippen molar-refractivity contribution in [2.75, 3.05) is 13.1 Å². The van der Waals surface area contributed by atoms with Crippen molar-refractivity contribution in [3.05, 3.63) is 74.8 Å². The van der Waals surface area contributed by atoms with Crippen molar-refractivity contribution in [2.24, 2.45) is 0 Å². The molecule has 0 saturated carbocycles. The molecule has 27 heavy (non-hydrogen) atoms. The Morgan fingerprint density at radius 1 is 1.04 bits per heavy atom. The third kappa shape index (κ3) is 4.03. The van der Waals surface area contributed by atoms with Gasteiger partial charge in [-0.1, -0.05) is 24.3 Å². The van der Waals surface area contributed by atoms with Crippen LogP contribution in [0, 0.1) is 17.0 Å². The van der Waals surface area contributed by atoms with E-state index < -0.39 is 0 Å². The molecular formula is C20H21N3O4. The summed E-state index contributed by atoms with van der Waals surface area (Å²) >= 11 is 0. The fraction of sp³-hybridized carbons (Fsp3) is 0.300. The second-order valence-electron chi connectivity index (χ2n) is 6.57. The summed E-state index contributed by atoms with van der Waals surface area (Å²) in [5.41, 5.74) is 2.57. The maximum Gasteiger partial charge on any atom is 0.272 e. The number of carbonyl (C=O) groups is 2. The highest BCUT2D eigenvalue weighted by Gasteiger charge is 2.34. The van der Waals surface area contributed by atoms with E-state index in [4.69, 9.17) is 0 Å². The molecule has 2 aromatic carbocycles. The summed E-state index contributed by atoms with van der Waals surface area (Å²) in [5.74, 6) is -0.453. The Kier molecular flexibility index (Phi) is 5.61. The molecule has 0 saturated heterocycles. The number of imide groups is 1. The minimum atomic E-state index is -0.374. The highest BCUT2D eigenvalue weighted by Crippen LogP contribution is 2.22. The molecular weight excluding hydrogens is 346 g/mol. The van der Waals surface area contributed by atoms with Gasteiger partial charge in [-0.25, -0.2) is 0 Å². The van der Waals surface area contributed by atoms with Crippen molar-refractivity contribution in [1.82, 2.24) is 10.2 Å². The SMILES string of the molecule is Cc1ccc(CNCCCCN2C(=O)c3ccccc3C2=O)cc1[N+](=O)[O-]. The summed E-state index contributed by atoms with van der Waals surface area (Å²) in [6.45, 7) is 3.34. The van der Waals surface area contributed by atoms with Crippen LogP contribution in [0.15, 0.2) is 42.5 Å². The van der Waals surface area contributed by atoms with Gasteiger partial charge in [0.05, 0.1) is 16.1 Å². The Morgan fingerprint density at radius 2 is 1.70 bits per heavy atom. The van der Waals surface area contributed by atoms with Crippen molar-refractivity contribution >= 4 is 17.5 Å². The minimum Gasteiger partial charge on any atom is -0.313 e. The molecule has 0 aliphatic carbocycles. The number of nitrogens with zero attached hydrogens (tertiary/aromatic N) is 2. The standard InChI is InChI=1S/C20H21N3O4/c1-14-8-9-15(12-18(14)23(26)27)13-21-10-4-5-11-22-19(24)16-6-2-3-7-17(16)20(22)25/h2-3,6-9,12,21H,4-5,10-11,13H2,1H3. The molecule has 0 fully saturated rings. The van der Waals surface area contributed by atoms with E-state index in [0.29, 0.717) is 42.7 Å². The Bertz CT molecular complexity index is 860. The number of nitro benzene ring substituents is 1. The van der Waals surface area contributed by atoms with Gasteiger partial charge in [-0.2, -0.15) is 0 Å². The molecule has 1 aliphatic rings. The van der Waals surface area contributed by atoms with Crippen LogP contribution in [-0.4, -0.2) is 34.7 Å².